The number of benzene rings is 1. The molecule has 0 atom stereocenters. The van der Waals surface area contributed by atoms with Crippen molar-refractivity contribution in [2.24, 2.45) is 5.92 Å². The summed E-state index contributed by atoms with van der Waals surface area (Å²) in [5.74, 6) is -0.693. The summed E-state index contributed by atoms with van der Waals surface area (Å²) in [6, 6.07) is 4.21. The van der Waals surface area contributed by atoms with Crippen molar-refractivity contribution in [1.29, 1.82) is 0 Å². The molecule has 1 aliphatic heterocycles. The molecule has 8 heteroatoms. The number of nitrogens with zero attached hydrogens (tertiary/aromatic N) is 3. The highest BCUT2D eigenvalue weighted by molar-refractivity contribution is 5.94. The van der Waals surface area contributed by atoms with Gasteiger partial charge >= 0.3 is 0 Å². The zero-order valence-corrected chi connectivity index (χ0v) is 15.4. The molecule has 0 unspecified atom stereocenters. The van der Waals surface area contributed by atoms with E-state index in [1.165, 1.54) is 23.0 Å². The number of aromatic nitrogens is 2. The SMILES string of the molecule is CC(=O)N1CCC(CNC(=O)c2nn(-c3ccc(F)cc3C)cc2O)CC1. The number of aryl methyl sites for hydroxylation is 1. The lowest BCUT2D eigenvalue weighted by Gasteiger charge is -2.31. The van der Waals surface area contributed by atoms with Crippen LogP contribution in [0.5, 0.6) is 5.75 Å². The molecule has 0 radical (unpaired) electrons. The minimum Gasteiger partial charge on any atom is -0.504 e. The lowest BCUT2D eigenvalue weighted by Crippen LogP contribution is -2.40. The number of aromatic hydroxyl groups is 1. The Balaban J connectivity index is 1.62. The average molecular weight is 374 g/mol. The molecule has 1 aliphatic rings. The van der Waals surface area contributed by atoms with Gasteiger partial charge in [-0.25, -0.2) is 9.07 Å². The Hall–Kier alpha value is -2.90. The second kappa shape index (κ2) is 7.77. The molecule has 2 aromatic rings. The van der Waals surface area contributed by atoms with Crippen molar-refractivity contribution in [3.8, 4) is 11.4 Å². The van der Waals surface area contributed by atoms with Crippen LogP contribution < -0.4 is 5.32 Å². The highest BCUT2D eigenvalue weighted by atomic mass is 19.1. The monoisotopic (exact) mass is 374 g/mol. The van der Waals surface area contributed by atoms with E-state index in [1.54, 1.807) is 24.8 Å². The molecule has 1 aromatic heterocycles. The van der Waals surface area contributed by atoms with E-state index in [0.717, 1.165) is 12.8 Å². The summed E-state index contributed by atoms with van der Waals surface area (Å²) in [6.45, 7) is 5.14. The van der Waals surface area contributed by atoms with Gasteiger partial charge in [0.1, 0.15) is 5.82 Å². The van der Waals surface area contributed by atoms with Crippen molar-refractivity contribution in [2.45, 2.75) is 26.7 Å². The number of hydrogen-bond donors (Lipinski definition) is 2. The average Bonchev–Trinajstić information content (AvgIpc) is 3.01. The van der Waals surface area contributed by atoms with Gasteiger partial charge in [-0.05, 0) is 49.4 Å². The van der Waals surface area contributed by atoms with Gasteiger partial charge < -0.3 is 15.3 Å². The van der Waals surface area contributed by atoms with Crippen LogP contribution in [-0.2, 0) is 4.79 Å². The number of piperidine rings is 1. The van der Waals surface area contributed by atoms with E-state index in [9.17, 15) is 19.1 Å². The first-order chi connectivity index (χ1) is 12.8. The molecule has 7 nitrogen and oxygen atoms in total. The minimum atomic E-state index is -0.458. The Labute approximate surface area is 156 Å². The maximum Gasteiger partial charge on any atom is 0.275 e. The number of halogens is 1. The molecule has 2 amide bonds. The molecular weight excluding hydrogens is 351 g/mol. The first-order valence-electron chi connectivity index (χ1n) is 8.94. The highest BCUT2D eigenvalue weighted by Crippen LogP contribution is 2.21. The van der Waals surface area contributed by atoms with Crippen molar-refractivity contribution in [2.75, 3.05) is 19.6 Å². The summed E-state index contributed by atoms with van der Waals surface area (Å²) < 4.78 is 14.6. The third kappa shape index (κ3) is 4.27. The lowest BCUT2D eigenvalue weighted by molar-refractivity contribution is -0.130. The molecule has 0 bridgehead atoms. The van der Waals surface area contributed by atoms with Crippen LogP contribution in [-0.4, -0.2) is 51.2 Å². The maximum atomic E-state index is 13.3. The molecule has 0 saturated carbocycles. The van der Waals surface area contributed by atoms with Gasteiger partial charge in [0.2, 0.25) is 5.91 Å². The number of nitrogens with one attached hydrogen (secondary N) is 1. The van der Waals surface area contributed by atoms with Gasteiger partial charge in [-0.1, -0.05) is 0 Å². The molecule has 27 heavy (non-hydrogen) atoms. The van der Waals surface area contributed by atoms with E-state index in [1.807, 2.05) is 0 Å². The van der Waals surface area contributed by atoms with Gasteiger partial charge in [-0.15, -0.1) is 0 Å². The zero-order valence-electron chi connectivity index (χ0n) is 15.4. The number of rotatable bonds is 4. The van der Waals surface area contributed by atoms with Crippen molar-refractivity contribution in [3.05, 3.63) is 41.5 Å². The van der Waals surface area contributed by atoms with Crippen molar-refractivity contribution in [3.63, 3.8) is 0 Å². The molecule has 2 heterocycles. The fourth-order valence-electron chi connectivity index (χ4n) is 3.30. The van der Waals surface area contributed by atoms with Gasteiger partial charge in [-0.2, -0.15) is 5.10 Å². The fraction of sp³-hybridized carbons (Fsp3) is 0.421. The van der Waals surface area contributed by atoms with E-state index < -0.39 is 5.91 Å². The Morgan fingerprint density at radius 2 is 2.04 bits per heavy atom. The van der Waals surface area contributed by atoms with Crippen LogP contribution in [0.25, 0.3) is 5.69 Å². The topological polar surface area (TPSA) is 87.5 Å². The number of hydrogen-bond acceptors (Lipinski definition) is 4. The van der Waals surface area contributed by atoms with Gasteiger partial charge in [-0.3, -0.25) is 9.59 Å². The molecule has 0 aliphatic carbocycles. The Kier molecular flexibility index (Phi) is 5.43. The lowest BCUT2D eigenvalue weighted by atomic mass is 9.97. The zero-order chi connectivity index (χ0) is 19.6. The molecule has 2 N–H and O–H groups in total. The van der Waals surface area contributed by atoms with E-state index in [0.29, 0.717) is 30.9 Å². The number of carbonyl (C=O) groups excluding carboxylic acids is 2. The largest absolute Gasteiger partial charge is 0.504 e. The predicted octanol–water partition coefficient (Wildman–Crippen LogP) is 2.01. The molecule has 144 valence electrons. The van der Waals surface area contributed by atoms with Crippen LogP contribution in [0.15, 0.2) is 24.4 Å². The first kappa shape index (κ1) is 18.9. The standard InChI is InChI=1S/C19H23FN4O3/c1-12-9-15(20)3-4-16(12)24-11-17(26)18(22-24)19(27)21-10-14-5-7-23(8-6-14)13(2)25/h3-4,9,11,14,26H,5-8,10H2,1-2H3,(H,21,27). The van der Waals surface area contributed by atoms with E-state index >= 15 is 0 Å². The van der Waals surface area contributed by atoms with E-state index in [4.69, 9.17) is 0 Å². The van der Waals surface area contributed by atoms with Gasteiger partial charge in [0.15, 0.2) is 11.4 Å². The summed E-state index contributed by atoms with van der Waals surface area (Å²) in [5.41, 5.74) is 1.16. The molecule has 0 spiro atoms. The molecule has 3 rings (SSSR count). The second-order valence-electron chi connectivity index (χ2n) is 6.90. The minimum absolute atomic E-state index is 0.0695. The van der Waals surface area contributed by atoms with Crippen LogP contribution >= 0.6 is 0 Å². The summed E-state index contributed by atoms with van der Waals surface area (Å²) in [6.07, 6.45) is 2.99. The van der Waals surface area contributed by atoms with Crippen LogP contribution in [0.4, 0.5) is 4.39 Å². The number of amides is 2. The van der Waals surface area contributed by atoms with Gasteiger partial charge in [0.25, 0.3) is 5.91 Å². The molecule has 1 saturated heterocycles. The van der Waals surface area contributed by atoms with Crippen molar-refractivity contribution >= 4 is 11.8 Å². The predicted molar refractivity (Wildman–Crippen MR) is 97.2 cm³/mol. The van der Waals surface area contributed by atoms with Gasteiger partial charge in [0, 0.05) is 26.6 Å². The summed E-state index contributed by atoms with van der Waals surface area (Å²) in [4.78, 5) is 25.5. The highest BCUT2D eigenvalue weighted by Gasteiger charge is 2.23. The summed E-state index contributed by atoms with van der Waals surface area (Å²) in [7, 11) is 0. The quantitative estimate of drug-likeness (QED) is 0.857. The fourth-order valence-corrected chi connectivity index (χ4v) is 3.30. The van der Waals surface area contributed by atoms with Crippen LogP contribution in [0.3, 0.4) is 0 Å². The van der Waals surface area contributed by atoms with Gasteiger partial charge in [0.05, 0.1) is 11.9 Å². The van der Waals surface area contributed by atoms with Crippen molar-refractivity contribution in [1.82, 2.24) is 20.0 Å². The number of likely N-dealkylation sites (tertiary alicyclic amines) is 1. The third-order valence-corrected chi connectivity index (χ3v) is 4.93. The molecule has 1 fully saturated rings. The third-order valence-electron chi connectivity index (χ3n) is 4.93. The molecular formula is C19H23FN4O3. The first-order valence-corrected chi connectivity index (χ1v) is 8.94. The van der Waals surface area contributed by atoms with Crippen molar-refractivity contribution < 1.29 is 19.1 Å². The van der Waals surface area contributed by atoms with Crippen LogP contribution in [0, 0.1) is 18.7 Å². The van der Waals surface area contributed by atoms with E-state index in [2.05, 4.69) is 10.4 Å². The smallest absolute Gasteiger partial charge is 0.275 e. The normalized spacial score (nSPS) is 15.0. The number of carbonyl (C=O) groups is 2. The second-order valence-corrected chi connectivity index (χ2v) is 6.90. The van der Waals surface area contributed by atoms with Crippen LogP contribution in [0.1, 0.15) is 35.8 Å². The molecule has 1 aromatic carbocycles. The Bertz CT molecular complexity index is 857. The van der Waals surface area contributed by atoms with E-state index in [-0.39, 0.29) is 29.1 Å². The Morgan fingerprint density at radius 3 is 2.67 bits per heavy atom. The maximum absolute atomic E-state index is 13.3. The summed E-state index contributed by atoms with van der Waals surface area (Å²) >= 11 is 0. The summed E-state index contributed by atoms with van der Waals surface area (Å²) in [5, 5.41) is 17.0. The van der Waals surface area contributed by atoms with Crippen LogP contribution in [0.2, 0.25) is 0 Å². The Morgan fingerprint density at radius 1 is 1.33 bits per heavy atom.